The number of carbonyl (C=O) groups excluding carboxylic acids is 1. The normalized spacial score (nSPS) is 13.7. The summed E-state index contributed by atoms with van der Waals surface area (Å²) in [7, 11) is 5.77. The SMILES string of the molecule is CC/C=C(\O)CCCCC(=O)OC(CC(=O)O)C[N+](C)(C)C. The standard InChI is InChI=1S/C16H29NO5/c1-5-8-13(18)9-6-7-10-16(21)22-14(11-15(19)20)12-17(2,3)4/h8,14H,5-7,9-12H2,1-4H3,(H-,18,19,20)/p+1/b13-8-. The van der Waals surface area contributed by atoms with Gasteiger partial charge in [-0.25, -0.2) is 0 Å². The lowest BCUT2D eigenvalue weighted by Crippen LogP contribution is -2.43. The van der Waals surface area contributed by atoms with Gasteiger partial charge >= 0.3 is 11.9 Å². The summed E-state index contributed by atoms with van der Waals surface area (Å²) in [6.07, 6.45) is 3.87. The van der Waals surface area contributed by atoms with Gasteiger partial charge < -0.3 is 19.4 Å². The zero-order chi connectivity index (χ0) is 17.2. The monoisotopic (exact) mass is 316 g/mol. The van der Waals surface area contributed by atoms with E-state index in [2.05, 4.69) is 0 Å². The van der Waals surface area contributed by atoms with Crippen molar-refractivity contribution in [1.29, 1.82) is 0 Å². The van der Waals surface area contributed by atoms with Crippen LogP contribution >= 0.6 is 0 Å². The van der Waals surface area contributed by atoms with Crippen LogP contribution in [-0.4, -0.2) is 60.4 Å². The minimum absolute atomic E-state index is 0.179. The lowest BCUT2D eigenvalue weighted by atomic mass is 10.1. The first kappa shape index (κ1) is 20.4. The average Bonchev–Trinajstić information content (AvgIpc) is 2.32. The Labute approximate surface area is 133 Å². The third kappa shape index (κ3) is 12.2. The number of hydrogen-bond acceptors (Lipinski definition) is 4. The van der Waals surface area contributed by atoms with Crippen LogP contribution in [0.5, 0.6) is 0 Å². The molecule has 0 spiro atoms. The van der Waals surface area contributed by atoms with Gasteiger partial charge in [0.1, 0.15) is 6.54 Å². The maximum Gasteiger partial charge on any atom is 0.307 e. The van der Waals surface area contributed by atoms with Crippen molar-refractivity contribution in [3.05, 3.63) is 11.8 Å². The lowest BCUT2D eigenvalue weighted by molar-refractivity contribution is -0.873. The van der Waals surface area contributed by atoms with Crippen LogP contribution in [-0.2, 0) is 14.3 Å². The summed E-state index contributed by atoms with van der Waals surface area (Å²) in [6.45, 7) is 2.40. The van der Waals surface area contributed by atoms with Gasteiger partial charge in [0.25, 0.3) is 0 Å². The Bertz CT molecular complexity index is 384. The van der Waals surface area contributed by atoms with Gasteiger partial charge in [0.15, 0.2) is 6.10 Å². The van der Waals surface area contributed by atoms with Crippen molar-refractivity contribution < 1.29 is 29.0 Å². The van der Waals surface area contributed by atoms with Crippen molar-refractivity contribution in [2.45, 2.75) is 51.6 Å². The second-order valence-electron chi connectivity index (χ2n) is 6.49. The highest BCUT2D eigenvalue weighted by Gasteiger charge is 2.24. The third-order valence-electron chi connectivity index (χ3n) is 2.96. The van der Waals surface area contributed by atoms with Crippen LogP contribution < -0.4 is 0 Å². The first-order valence-corrected chi connectivity index (χ1v) is 7.73. The number of nitrogens with zero attached hydrogens (tertiary/aromatic N) is 1. The van der Waals surface area contributed by atoms with Gasteiger partial charge in [0.2, 0.25) is 0 Å². The Kier molecular flexibility index (Phi) is 9.49. The van der Waals surface area contributed by atoms with E-state index in [-0.39, 0.29) is 18.8 Å². The number of hydrogen-bond donors (Lipinski definition) is 2. The maximum atomic E-state index is 11.8. The molecule has 0 aliphatic carbocycles. The number of ether oxygens (including phenoxy) is 1. The van der Waals surface area contributed by atoms with E-state index >= 15 is 0 Å². The number of likely N-dealkylation sites (N-methyl/N-ethyl adjacent to an activating group) is 1. The number of carboxylic acids is 1. The number of carbonyl (C=O) groups is 2. The van der Waals surface area contributed by atoms with E-state index in [1.165, 1.54) is 0 Å². The number of aliphatic hydroxyl groups is 1. The molecule has 0 aromatic heterocycles. The average molecular weight is 316 g/mol. The molecule has 0 heterocycles. The highest BCUT2D eigenvalue weighted by Crippen LogP contribution is 2.11. The number of aliphatic carboxylic acids is 1. The molecule has 0 aromatic rings. The predicted molar refractivity (Wildman–Crippen MR) is 84.5 cm³/mol. The van der Waals surface area contributed by atoms with E-state index in [9.17, 15) is 14.7 Å². The molecular weight excluding hydrogens is 286 g/mol. The molecule has 1 unspecified atom stereocenters. The largest absolute Gasteiger partial charge is 0.513 e. The van der Waals surface area contributed by atoms with Crippen LogP contribution in [0.4, 0.5) is 0 Å². The quantitative estimate of drug-likeness (QED) is 0.265. The molecule has 0 rings (SSSR count). The summed E-state index contributed by atoms with van der Waals surface area (Å²) in [6, 6.07) is 0. The van der Waals surface area contributed by atoms with Crippen molar-refractivity contribution in [3.8, 4) is 0 Å². The molecule has 0 radical (unpaired) electrons. The van der Waals surface area contributed by atoms with Gasteiger partial charge in [0, 0.05) is 12.8 Å². The minimum atomic E-state index is -0.971. The molecule has 0 aliphatic rings. The summed E-state index contributed by atoms with van der Waals surface area (Å²) in [5, 5.41) is 18.4. The fourth-order valence-electron chi connectivity index (χ4n) is 2.11. The summed E-state index contributed by atoms with van der Waals surface area (Å²) >= 11 is 0. The highest BCUT2D eigenvalue weighted by atomic mass is 16.5. The fraction of sp³-hybridized carbons (Fsp3) is 0.750. The van der Waals surface area contributed by atoms with Crippen molar-refractivity contribution in [3.63, 3.8) is 0 Å². The van der Waals surface area contributed by atoms with E-state index in [0.29, 0.717) is 36.0 Å². The van der Waals surface area contributed by atoms with Crippen LogP contribution in [0.3, 0.4) is 0 Å². The summed E-state index contributed by atoms with van der Waals surface area (Å²) in [5.41, 5.74) is 0. The van der Waals surface area contributed by atoms with Crippen LogP contribution in [0.25, 0.3) is 0 Å². The van der Waals surface area contributed by atoms with Gasteiger partial charge in [-0.1, -0.05) is 6.92 Å². The zero-order valence-corrected chi connectivity index (χ0v) is 14.2. The molecule has 1 atom stereocenters. The van der Waals surface area contributed by atoms with Gasteiger partial charge in [0.05, 0.1) is 33.3 Å². The Morgan fingerprint density at radius 3 is 2.23 bits per heavy atom. The van der Waals surface area contributed by atoms with E-state index in [0.717, 1.165) is 6.42 Å². The van der Waals surface area contributed by atoms with Crippen molar-refractivity contribution in [2.24, 2.45) is 0 Å². The van der Waals surface area contributed by atoms with Crippen molar-refractivity contribution >= 4 is 11.9 Å². The molecule has 6 nitrogen and oxygen atoms in total. The number of quaternary nitrogens is 1. The number of unbranched alkanes of at least 4 members (excludes halogenated alkanes) is 1. The molecule has 6 heteroatoms. The number of esters is 1. The fourth-order valence-corrected chi connectivity index (χ4v) is 2.11. The van der Waals surface area contributed by atoms with Crippen LogP contribution in [0.15, 0.2) is 11.8 Å². The summed E-state index contributed by atoms with van der Waals surface area (Å²) in [5.74, 6) is -0.996. The molecule has 0 bridgehead atoms. The van der Waals surface area contributed by atoms with Crippen LogP contribution in [0, 0.1) is 0 Å². The number of aliphatic hydroxyl groups excluding tert-OH is 1. The second kappa shape index (κ2) is 10.2. The molecular formula is C16H30NO5+. The number of allylic oxidation sites excluding steroid dienone is 2. The number of carboxylic acid groups (broad SMARTS) is 1. The molecule has 2 N–H and O–H groups in total. The van der Waals surface area contributed by atoms with Crippen molar-refractivity contribution in [1.82, 2.24) is 0 Å². The first-order chi connectivity index (χ1) is 10.1. The Hall–Kier alpha value is -1.56. The predicted octanol–water partition coefficient (Wildman–Crippen LogP) is 2.49. The smallest absolute Gasteiger partial charge is 0.307 e. The van der Waals surface area contributed by atoms with E-state index in [4.69, 9.17) is 9.84 Å². The van der Waals surface area contributed by atoms with E-state index in [1.807, 2.05) is 28.1 Å². The molecule has 128 valence electrons. The Morgan fingerprint density at radius 2 is 1.73 bits per heavy atom. The molecule has 0 saturated heterocycles. The molecule has 0 aliphatic heterocycles. The van der Waals surface area contributed by atoms with Crippen LogP contribution in [0.1, 0.15) is 45.4 Å². The first-order valence-electron chi connectivity index (χ1n) is 7.73. The molecule has 0 fully saturated rings. The highest BCUT2D eigenvalue weighted by molar-refractivity contribution is 5.71. The topological polar surface area (TPSA) is 83.8 Å². The molecule has 0 amide bonds. The Morgan fingerprint density at radius 1 is 1.14 bits per heavy atom. The van der Waals surface area contributed by atoms with E-state index in [1.54, 1.807) is 6.08 Å². The zero-order valence-electron chi connectivity index (χ0n) is 14.2. The molecule has 0 saturated carbocycles. The van der Waals surface area contributed by atoms with Gasteiger partial charge in [-0.2, -0.15) is 0 Å². The minimum Gasteiger partial charge on any atom is -0.513 e. The lowest BCUT2D eigenvalue weighted by Gasteiger charge is -2.28. The number of rotatable bonds is 11. The van der Waals surface area contributed by atoms with E-state index < -0.39 is 12.1 Å². The second-order valence-corrected chi connectivity index (χ2v) is 6.49. The summed E-state index contributed by atoms with van der Waals surface area (Å²) in [4.78, 5) is 22.6. The van der Waals surface area contributed by atoms with Gasteiger partial charge in [-0.15, -0.1) is 0 Å². The van der Waals surface area contributed by atoms with Crippen LogP contribution in [0.2, 0.25) is 0 Å². The molecule has 0 aromatic carbocycles. The summed E-state index contributed by atoms with van der Waals surface area (Å²) < 4.78 is 5.81. The van der Waals surface area contributed by atoms with Crippen molar-refractivity contribution in [2.75, 3.05) is 27.7 Å². The maximum absolute atomic E-state index is 11.8. The molecule has 22 heavy (non-hydrogen) atoms. The Balaban J connectivity index is 4.17. The van der Waals surface area contributed by atoms with Gasteiger partial charge in [-0.3, -0.25) is 9.59 Å². The van der Waals surface area contributed by atoms with Gasteiger partial charge in [-0.05, 0) is 25.3 Å². The third-order valence-corrected chi connectivity index (χ3v) is 2.96.